The zero-order valence-corrected chi connectivity index (χ0v) is 9.71. The molecular formula is C11H13N5O. The first-order valence-corrected chi connectivity index (χ1v) is 5.18. The molecule has 0 saturated carbocycles. The van der Waals surface area contributed by atoms with Gasteiger partial charge in [0.1, 0.15) is 5.69 Å². The third-order valence-electron chi connectivity index (χ3n) is 2.32. The topological polar surface area (TPSA) is 74.8 Å². The molecule has 2 heterocycles. The van der Waals surface area contributed by atoms with Crippen molar-refractivity contribution < 1.29 is 4.79 Å². The van der Waals surface area contributed by atoms with E-state index in [-0.39, 0.29) is 5.91 Å². The fraction of sp³-hybridized carbons (Fsp3) is 0.273. The van der Waals surface area contributed by atoms with Crippen LogP contribution in [0, 0.1) is 6.92 Å². The highest BCUT2D eigenvalue weighted by Crippen LogP contribution is 2.04. The number of aromatic nitrogens is 4. The Bertz CT molecular complexity index is 491. The van der Waals surface area contributed by atoms with E-state index in [1.807, 2.05) is 6.92 Å². The summed E-state index contributed by atoms with van der Waals surface area (Å²) in [7, 11) is 1.72. The molecule has 0 bridgehead atoms. The monoisotopic (exact) mass is 231 g/mol. The van der Waals surface area contributed by atoms with Crippen molar-refractivity contribution in [1.82, 2.24) is 25.1 Å². The van der Waals surface area contributed by atoms with Crippen LogP contribution in [0.3, 0.4) is 0 Å². The molecule has 0 aromatic carbocycles. The van der Waals surface area contributed by atoms with Crippen molar-refractivity contribution in [3.05, 3.63) is 41.7 Å². The molecule has 0 aliphatic heterocycles. The quantitative estimate of drug-likeness (QED) is 0.847. The predicted molar refractivity (Wildman–Crippen MR) is 61.2 cm³/mol. The first kappa shape index (κ1) is 11.3. The second kappa shape index (κ2) is 4.73. The molecule has 88 valence electrons. The lowest BCUT2D eigenvalue weighted by atomic mass is 10.3. The van der Waals surface area contributed by atoms with Gasteiger partial charge in [-0.15, -0.1) is 0 Å². The number of aromatic amines is 1. The summed E-state index contributed by atoms with van der Waals surface area (Å²) in [6, 6.07) is 0. The second-order valence-electron chi connectivity index (χ2n) is 3.81. The smallest absolute Gasteiger partial charge is 0.274 e. The van der Waals surface area contributed by atoms with Crippen molar-refractivity contribution in [2.24, 2.45) is 0 Å². The second-order valence-corrected chi connectivity index (χ2v) is 3.81. The highest BCUT2D eigenvalue weighted by molar-refractivity contribution is 5.91. The van der Waals surface area contributed by atoms with Gasteiger partial charge < -0.3 is 4.90 Å². The van der Waals surface area contributed by atoms with Crippen LogP contribution in [0.15, 0.2) is 24.8 Å². The van der Waals surface area contributed by atoms with Gasteiger partial charge in [0.05, 0.1) is 18.1 Å². The summed E-state index contributed by atoms with van der Waals surface area (Å²) in [5.41, 5.74) is 2.08. The van der Waals surface area contributed by atoms with E-state index in [0.717, 1.165) is 11.3 Å². The maximum absolute atomic E-state index is 12.0. The summed E-state index contributed by atoms with van der Waals surface area (Å²) in [5.74, 6) is -0.154. The summed E-state index contributed by atoms with van der Waals surface area (Å²) in [6.45, 7) is 2.32. The zero-order chi connectivity index (χ0) is 12.3. The van der Waals surface area contributed by atoms with Crippen molar-refractivity contribution in [2.75, 3.05) is 7.05 Å². The lowest BCUT2D eigenvalue weighted by molar-refractivity contribution is 0.0779. The molecule has 1 amide bonds. The summed E-state index contributed by atoms with van der Waals surface area (Å²) >= 11 is 0. The van der Waals surface area contributed by atoms with E-state index < -0.39 is 0 Å². The number of carbonyl (C=O) groups excluding carboxylic acids is 1. The molecule has 0 radical (unpaired) electrons. The van der Waals surface area contributed by atoms with E-state index in [4.69, 9.17) is 0 Å². The molecule has 2 rings (SSSR count). The minimum Gasteiger partial charge on any atom is -0.336 e. The van der Waals surface area contributed by atoms with Gasteiger partial charge in [-0.3, -0.25) is 14.9 Å². The molecular weight excluding hydrogens is 218 g/mol. The SMILES string of the molecule is Cc1cnc(C(=O)N(C)Cc2cn[nH]c2)cn1. The van der Waals surface area contributed by atoms with Crippen LogP contribution in [-0.4, -0.2) is 38.0 Å². The van der Waals surface area contributed by atoms with Crippen molar-refractivity contribution >= 4 is 5.91 Å². The van der Waals surface area contributed by atoms with E-state index in [1.165, 1.54) is 6.20 Å². The van der Waals surface area contributed by atoms with Crippen molar-refractivity contribution in [1.29, 1.82) is 0 Å². The minimum absolute atomic E-state index is 0.154. The average molecular weight is 231 g/mol. The third kappa shape index (κ3) is 2.66. The first-order chi connectivity index (χ1) is 8.16. The number of nitrogens with zero attached hydrogens (tertiary/aromatic N) is 4. The van der Waals surface area contributed by atoms with Crippen molar-refractivity contribution in [2.45, 2.75) is 13.5 Å². The molecule has 0 saturated heterocycles. The lowest BCUT2D eigenvalue weighted by Crippen LogP contribution is -2.27. The van der Waals surface area contributed by atoms with Gasteiger partial charge in [0.15, 0.2) is 0 Å². The van der Waals surface area contributed by atoms with Crippen LogP contribution in [0.4, 0.5) is 0 Å². The highest BCUT2D eigenvalue weighted by atomic mass is 16.2. The maximum atomic E-state index is 12.0. The standard InChI is InChI=1S/C11H13N5O/c1-8-3-13-10(6-12-8)11(17)16(2)7-9-4-14-15-5-9/h3-6H,7H2,1-2H3,(H,14,15). The van der Waals surface area contributed by atoms with E-state index in [2.05, 4.69) is 20.2 Å². The van der Waals surface area contributed by atoms with Crippen LogP contribution < -0.4 is 0 Å². The summed E-state index contributed by atoms with van der Waals surface area (Å²) < 4.78 is 0. The maximum Gasteiger partial charge on any atom is 0.274 e. The number of aryl methyl sites for hydroxylation is 1. The number of rotatable bonds is 3. The molecule has 1 N–H and O–H groups in total. The predicted octanol–water partition coefficient (Wildman–Crippen LogP) is 0.780. The van der Waals surface area contributed by atoms with Crippen LogP contribution in [0.25, 0.3) is 0 Å². The molecule has 6 heteroatoms. The van der Waals surface area contributed by atoms with E-state index in [0.29, 0.717) is 12.2 Å². The van der Waals surface area contributed by atoms with Gasteiger partial charge >= 0.3 is 0 Å². The van der Waals surface area contributed by atoms with Crippen molar-refractivity contribution in [3.8, 4) is 0 Å². The zero-order valence-electron chi connectivity index (χ0n) is 9.71. The Kier molecular flexibility index (Phi) is 3.13. The van der Waals surface area contributed by atoms with Gasteiger partial charge in [-0.2, -0.15) is 5.10 Å². The Hall–Kier alpha value is -2.24. The number of amides is 1. The number of carbonyl (C=O) groups is 1. The van der Waals surface area contributed by atoms with Gasteiger partial charge in [-0.25, -0.2) is 4.98 Å². The average Bonchev–Trinajstić information content (AvgIpc) is 2.82. The lowest BCUT2D eigenvalue weighted by Gasteiger charge is -2.15. The summed E-state index contributed by atoms with van der Waals surface area (Å²) in [4.78, 5) is 21.7. The van der Waals surface area contributed by atoms with Crippen LogP contribution >= 0.6 is 0 Å². The van der Waals surface area contributed by atoms with Crippen molar-refractivity contribution in [3.63, 3.8) is 0 Å². The number of hydrogen-bond donors (Lipinski definition) is 1. The molecule has 0 aliphatic carbocycles. The largest absolute Gasteiger partial charge is 0.336 e. The normalized spacial score (nSPS) is 10.2. The van der Waals surface area contributed by atoms with Gasteiger partial charge in [-0.05, 0) is 6.92 Å². The fourth-order valence-corrected chi connectivity index (χ4v) is 1.41. The van der Waals surface area contributed by atoms with E-state index >= 15 is 0 Å². The summed E-state index contributed by atoms with van der Waals surface area (Å²) in [5, 5.41) is 6.53. The minimum atomic E-state index is -0.154. The molecule has 2 aromatic heterocycles. The molecule has 0 fully saturated rings. The highest BCUT2D eigenvalue weighted by Gasteiger charge is 2.13. The molecule has 6 nitrogen and oxygen atoms in total. The molecule has 0 atom stereocenters. The number of hydrogen-bond acceptors (Lipinski definition) is 4. The molecule has 17 heavy (non-hydrogen) atoms. The molecule has 0 unspecified atom stereocenters. The van der Waals surface area contributed by atoms with Gasteiger partial charge in [0, 0.05) is 31.5 Å². The van der Waals surface area contributed by atoms with Crippen LogP contribution in [0.5, 0.6) is 0 Å². The Labute approximate surface area is 98.7 Å². The molecule has 2 aromatic rings. The Morgan fingerprint density at radius 2 is 2.18 bits per heavy atom. The van der Waals surface area contributed by atoms with Gasteiger partial charge in [-0.1, -0.05) is 0 Å². The fourth-order valence-electron chi connectivity index (χ4n) is 1.41. The summed E-state index contributed by atoms with van der Waals surface area (Å²) in [6.07, 6.45) is 6.51. The molecule has 0 aliphatic rings. The van der Waals surface area contributed by atoms with Gasteiger partial charge in [0.25, 0.3) is 5.91 Å². The van der Waals surface area contributed by atoms with E-state index in [1.54, 1.807) is 30.5 Å². The Balaban J connectivity index is 2.07. The van der Waals surface area contributed by atoms with Crippen LogP contribution in [-0.2, 0) is 6.54 Å². The van der Waals surface area contributed by atoms with E-state index in [9.17, 15) is 4.79 Å². The number of nitrogens with one attached hydrogen (secondary N) is 1. The molecule has 0 spiro atoms. The Morgan fingerprint density at radius 3 is 2.76 bits per heavy atom. The van der Waals surface area contributed by atoms with Crippen LogP contribution in [0.2, 0.25) is 0 Å². The van der Waals surface area contributed by atoms with Crippen LogP contribution in [0.1, 0.15) is 21.7 Å². The first-order valence-electron chi connectivity index (χ1n) is 5.18. The third-order valence-corrected chi connectivity index (χ3v) is 2.32. The number of H-pyrrole nitrogens is 1. The van der Waals surface area contributed by atoms with Gasteiger partial charge in [0.2, 0.25) is 0 Å². The Morgan fingerprint density at radius 1 is 1.35 bits per heavy atom.